The van der Waals surface area contributed by atoms with E-state index in [9.17, 15) is 4.79 Å². The first-order chi connectivity index (χ1) is 12.6. The van der Waals surface area contributed by atoms with Gasteiger partial charge in [-0.05, 0) is 25.5 Å². The van der Waals surface area contributed by atoms with Crippen LogP contribution in [0.1, 0.15) is 21.8 Å². The summed E-state index contributed by atoms with van der Waals surface area (Å²) in [6.45, 7) is 3.63. The number of carbonyl (C=O) groups is 1. The van der Waals surface area contributed by atoms with Crippen LogP contribution in [0.25, 0.3) is 22.0 Å². The number of fused-ring (bicyclic) bond motifs is 1. The highest BCUT2D eigenvalue weighted by molar-refractivity contribution is 6.14. The number of rotatable bonds is 3. The summed E-state index contributed by atoms with van der Waals surface area (Å²) in [5, 5.41) is 7.60. The monoisotopic (exact) mass is 343 g/mol. The van der Waals surface area contributed by atoms with E-state index in [1.807, 2.05) is 61.5 Å². The van der Waals surface area contributed by atoms with E-state index in [1.165, 1.54) is 0 Å². The Morgan fingerprint density at radius 1 is 1.00 bits per heavy atom. The predicted molar refractivity (Wildman–Crippen MR) is 101 cm³/mol. The zero-order valence-electron chi connectivity index (χ0n) is 14.5. The maximum absolute atomic E-state index is 13.0. The van der Waals surface area contributed by atoms with E-state index in [4.69, 9.17) is 4.52 Å². The van der Waals surface area contributed by atoms with Crippen molar-refractivity contribution in [1.29, 1.82) is 0 Å². The molecule has 128 valence electrons. The molecule has 4 rings (SSSR count). The van der Waals surface area contributed by atoms with Gasteiger partial charge in [0.15, 0.2) is 5.82 Å². The van der Waals surface area contributed by atoms with Crippen molar-refractivity contribution in [2.45, 2.75) is 13.8 Å². The molecule has 1 N–H and O–H groups in total. The lowest BCUT2D eigenvalue weighted by atomic mass is 9.94. The quantitative estimate of drug-likeness (QED) is 0.582. The molecule has 2 aromatic heterocycles. The van der Waals surface area contributed by atoms with E-state index >= 15 is 0 Å². The molecule has 1 amide bonds. The first kappa shape index (κ1) is 16.0. The van der Waals surface area contributed by atoms with Crippen LogP contribution in [0.2, 0.25) is 0 Å². The lowest BCUT2D eigenvalue weighted by molar-refractivity contribution is 0.102. The Morgan fingerprint density at radius 3 is 2.46 bits per heavy atom. The molecule has 0 aliphatic heterocycles. The van der Waals surface area contributed by atoms with Crippen molar-refractivity contribution in [3.63, 3.8) is 0 Å². The van der Waals surface area contributed by atoms with Gasteiger partial charge < -0.3 is 9.84 Å². The Hall–Kier alpha value is -3.47. The molecule has 4 aromatic rings. The van der Waals surface area contributed by atoms with Gasteiger partial charge in [0.2, 0.25) is 0 Å². The summed E-state index contributed by atoms with van der Waals surface area (Å²) in [5.74, 6) is 0.768. The lowest BCUT2D eigenvalue weighted by Crippen LogP contribution is -2.16. The summed E-state index contributed by atoms with van der Waals surface area (Å²) in [5.41, 5.74) is 3.90. The number of carbonyl (C=O) groups excluding carboxylic acids is 1. The zero-order valence-corrected chi connectivity index (χ0v) is 14.5. The second kappa shape index (κ2) is 6.44. The molecule has 0 fully saturated rings. The van der Waals surface area contributed by atoms with Crippen molar-refractivity contribution in [2.24, 2.45) is 0 Å². The molecule has 0 radical (unpaired) electrons. The van der Waals surface area contributed by atoms with Crippen LogP contribution in [-0.2, 0) is 0 Å². The van der Waals surface area contributed by atoms with Gasteiger partial charge in [0, 0.05) is 17.0 Å². The average Bonchev–Trinajstić information content (AvgIpc) is 3.05. The van der Waals surface area contributed by atoms with Gasteiger partial charge in [-0.1, -0.05) is 53.7 Å². The minimum absolute atomic E-state index is 0.257. The highest BCUT2D eigenvalue weighted by Crippen LogP contribution is 2.33. The number of hydrogen-bond donors (Lipinski definition) is 1. The molecule has 0 aliphatic rings. The van der Waals surface area contributed by atoms with Gasteiger partial charge >= 0.3 is 0 Å². The third kappa shape index (κ3) is 2.84. The van der Waals surface area contributed by atoms with E-state index in [-0.39, 0.29) is 5.91 Å². The summed E-state index contributed by atoms with van der Waals surface area (Å²) in [6, 6.07) is 19.4. The summed E-state index contributed by atoms with van der Waals surface area (Å²) in [4.78, 5) is 17.7. The van der Waals surface area contributed by atoms with Gasteiger partial charge in [0.25, 0.3) is 5.91 Å². The van der Waals surface area contributed by atoms with Crippen LogP contribution in [0.4, 0.5) is 5.82 Å². The topological polar surface area (TPSA) is 68.0 Å². The van der Waals surface area contributed by atoms with Crippen LogP contribution in [0.3, 0.4) is 0 Å². The summed E-state index contributed by atoms with van der Waals surface area (Å²) >= 11 is 0. The smallest absolute Gasteiger partial charge is 0.259 e. The second-order valence-corrected chi connectivity index (χ2v) is 6.11. The molecule has 0 unspecified atom stereocenters. The minimum Gasteiger partial charge on any atom is -0.360 e. The molecule has 0 saturated heterocycles. The van der Waals surface area contributed by atoms with E-state index in [2.05, 4.69) is 15.5 Å². The Bertz CT molecular complexity index is 1100. The number of aryl methyl sites for hydroxylation is 2. The first-order valence-electron chi connectivity index (χ1n) is 8.33. The zero-order chi connectivity index (χ0) is 18.1. The standard InChI is InChI=1S/C21H17N3O2/c1-13-12-18(24-26-13)23-21(25)19-14(2)22-17-11-7-6-10-16(17)20(19)15-8-4-3-5-9-15/h3-12H,1-2H3,(H,23,24,25). The average molecular weight is 343 g/mol. The van der Waals surface area contributed by atoms with Crippen molar-refractivity contribution in [1.82, 2.24) is 10.1 Å². The summed E-state index contributed by atoms with van der Waals surface area (Å²) in [6.07, 6.45) is 0. The minimum atomic E-state index is -0.257. The predicted octanol–water partition coefficient (Wildman–Crippen LogP) is 4.76. The van der Waals surface area contributed by atoms with Crippen molar-refractivity contribution < 1.29 is 9.32 Å². The molecule has 26 heavy (non-hydrogen) atoms. The number of benzene rings is 2. The summed E-state index contributed by atoms with van der Waals surface area (Å²) in [7, 11) is 0. The van der Waals surface area contributed by atoms with Crippen LogP contribution < -0.4 is 5.32 Å². The Morgan fingerprint density at radius 2 is 1.73 bits per heavy atom. The third-order valence-corrected chi connectivity index (χ3v) is 4.23. The molecule has 5 heteroatoms. The third-order valence-electron chi connectivity index (χ3n) is 4.23. The maximum atomic E-state index is 13.0. The highest BCUT2D eigenvalue weighted by atomic mass is 16.5. The molecule has 2 aromatic carbocycles. The molecule has 0 saturated carbocycles. The summed E-state index contributed by atoms with van der Waals surface area (Å²) < 4.78 is 5.04. The van der Waals surface area contributed by atoms with Gasteiger partial charge in [0.05, 0.1) is 16.8 Å². The fourth-order valence-electron chi connectivity index (χ4n) is 3.12. The van der Waals surface area contributed by atoms with Crippen molar-refractivity contribution in [2.75, 3.05) is 5.32 Å². The van der Waals surface area contributed by atoms with Gasteiger partial charge in [-0.2, -0.15) is 0 Å². The number of nitrogens with one attached hydrogen (secondary N) is 1. The molecule has 0 aliphatic carbocycles. The van der Waals surface area contributed by atoms with Crippen molar-refractivity contribution in [3.05, 3.63) is 77.7 Å². The molecular weight excluding hydrogens is 326 g/mol. The van der Waals surface area contributed by atoms with E-state index in [0.29, 0.717) is 22.8 Å². The normalized spacial score (nSPS) is 10.8. The Kier molecular flexibility index (Phi) is 3.97. The molecule has 0 bridgehead atoms. The molecule has 0 atom stereocenters. The van der Waals surface area contributed by atoms with E-state index in [1.54, 1.807) is 13.0 Å². The van der Waals surface area contributed by atoms with Gasteiger partial charge in [-0.3, -0.25) is 9.78 Å². The lowest BCUT2D eigenvalue weighted by Gasteiger charge is -2.15. The van der Waals surface area contributed by atoms with Gasteiger partial charge in [-0.25, -0.2) is 0 Å². The van der Waals surface area contributed by atoms with Gasteiger partial charge in [0.1, 0.15) is 5.76 Å². The van der Waals surface area contributed by atoms with Crippen LogP contribution in [0, 0.1) is 13.8 Å². The maximum Gasteiger partial charge on any atom is 0.259 e. The number of pyridine rings is 1. The molecular formula is C21H17N3O2. The largest absolute Gasteiger partial charge is 0.360 e. The Labute approximate surface area is 150 Å². The van der Waals surface area contributed by atoms with Crippen LogP contribution in [-0.4, -0.2) is 16.0 Å². The molecule has 2 heterocycles. The number of aromatic nitrogens is 2. The number of para-hydroxylation sites is 1. The number of amides is 1. The van der Waals surface area contributed by atoms with Crippen LogP contribution >= 0.6 is 0 Å². The molecule has 5 nitrogen and oxygen atoms in total. The number of hydrogen-bond acceptors (Lipinski definition) is 4. The van der Waals surface area contributed by atoms with E-state index in [0.717, 1.165) is 22.0 Å². The van der Waals surface area contributed by atoms with Crippen LogP contribution in [0.15, 0.2) is 65.2 Å². The number of anilines is 1. The van der Waals surface area contributed by atoms with Crippen molar-refractivity contribution >= 4 is 22.6 Å². The van der Waals surface area contributed by atoms with Crippen LogP contribution in [0.5, 0.6) is 0 Å². The molecule has 0 spiro atoms. The van der Waals surface area contributed by atoms with E-state index < -0.39 is 0 Å². The fourth-order valence-corrected chi connectivity index (χ4v) is 3.12. The first-order valence-corrected chi connectivity index (χ1v) is 8.33. The second-order valence-electron chi connectivity index (χ2n) is 6.11. The number of nitrogens with zero attached hydrogens (tertiary/aromatic N) is 2. The fraction of sp³-hybridized carbons (Fsp3) is 0.0952. The Balaban J connectivity index is 1.93. The highest BCUT2D eigenvalue weighted by Gasteiger charge is 2.21. The van der Waals surface area contributed by atoms with Crippen molar-refractivity contribution in [3.8, 4) is 11.1 Å². The SMILES string of the molecule is Cc1cc(NC(=O)c2c(C)nc3ccccc3c2-c2ccccc2)no1. The van der Waals surface area contributed by atoms with Gasteiger partial charge in [-0.15, -0.1) is 0 Å².